The molecule has 0 bridgehead atoms. The first-order valence-electron chi connectivity index (χ1n) is 5.13. The van der Waals surface area contributed by atoms with E-state index in [0.29, 0.717) is 0 Å². The zero-order chi connectivity index (χ0) is 13.5. The van der Waals surface area contributed by atoms with Crippen molar-refractivity contribution >= 4 is 5.91 Å². The molecule has 2 N–H and O–H groups in total. The second-order valence-electron chi connectivity index (χ2n) is 3.39. The molecule has 0 radical (unpaired) electrons. The maximum atomic E-state index is 13.2. The molecule has 0 heterocycles. The van der Waals surface area contributed by atoms with Crippen LogP contribution in [0, 0.1) is 5.82 Å². The fourth-order valence-corrected chi connectivity index (χ4v) is 1.19. The van der Waals surface area contributed by atoms with Gasteiger partial charge in [0, 0.05) is 12.6 Å². The Morgan fingerprint density at radius 1 is 1.44 bits per heavy atom. The fraction of sp³-hybridized carbons (Fsp3) is 0.364. The number of rotatable bonds is 6. The molecule has 0 saturated heterocycles. The lowest BCUT2D eigenvalue weighted by Crippen LogP contribution is -2.28. The first-order chi connectivity index (χ1) is 8.50. The van der Waals surface area contributed by atoms with Crippen molar-refractivity contribution in [2.45, 2.75) is 6.43 Å². The van der Waals surface area contributed by atoms with Crippen molar-refractivity contribution in [2.24, 2.45) is 0 Å². The maximum absolute atomic E-state index is 13.2. The van der Waals surface area contributed by atoms with Crippen molar-refractivity contribution in [3.05, 3.63) is 29.6 Å². The number of nitrogens with one attached hydrogen (secondary N) is 1. The van der Waals surface area contributed by atoms with Gasteiger partial charge in [0.15, 0.2) is 0 Å². The summed E-state index contributed by atoms with van der Waals surface area (Å²) in [4.78, 5) is 11.4. The highest BCUT2D eigenvalue weighted by Gasteiger charge is 2.11. The van der Waals surface area contributed by atoms with E-state index >= 15 is 0 Å². The topological polar surface area (TPSA) is 58.6 Å². The van der Waals surface area contributed by atoms with Crippen LogP contribution in [0.25, 0.3) is 0 Å². The maximum Gasteiger partial charge on any atom is 0.261 e. The third kappa shape index (κ3) is 4.62. The second-order valence-corrected chi connectivity index (χ2v) is 3.39. The van der Waals surface area contributed by atoms with Gasteiger partial charge in [-0.05, 0) is 12.1 Å². The second kappa shape index (κ2) is 6.85. The number of hydrogen-bond acceptors (Lipinski definition) is 3. The normalized spacial score (nSPS) is 10.7. The van der Waals surface area contributed by atoms with Gasteiger partial charge in [0.2, 0.25) is 0 Å². The van der Waals surface area contributed by atoms with Gasteiger partial charge < -0.3 is 15.2 Å². The number of amides is 1. The summed E-state index contributed by atoms with van der Waals surface area (Å²) < 4.78 is 41.1. The molecule has 0 aliphatic rings. The Morgan fingerprint density at radius 3 is 2.78 bits per heavy atom. The number of carbonyl (C=O) groups is 1. The highest BCUT2D eigenvalue weighted by Crippen LogP contribution is 2.14. The Kier molecular flexibility index (Phi) is 5.44. The number of aromatic hydroxyl groups is 1. The van der Waals surface area contributed by atoms with Crippen LogP contribution in [-0.2, 0) is 4.74 Å². The highest BCUT2D eigenvalue weighted by atomic mass is 19.3. The summed E-state index contributed by atoms with van der Waals surface area (Å²) in [6, 6.07) is 3.10. The van der Waals surface area contributed by atoms with Crippen molar-refractivity contribution in [1.29, 1.82) is 0 Å². The van der Waals surface area contributed by atoms with Crippen molar-refractivity contribution in [3.8, 4) is 5.75 Å². The number of phenolic OH excluding ortho intramolecular Hbond substituents is 1. The molecule has 18 heavy (non-hydrogen) atoms. The molecule has 0 aliphatic heterocycles. The molecule has 0 atom stereocenters. The number of carbonyl (C=O) groups excluding carboxylic acids is 1. The third-order valence-electron chi connectivity index (χ3n) is 1.97. The first kappa shape index (κ1) is 14.3. The number of ether oxygens (including phenoxy) is 1. The van der Waals surface area contributed by atoms with Crippen LogP contribution in [0.3, 0.4) is 0 Å². The van der Waals surface area contributed by atoms with Gasteiger partial charge in [-0.25, -0.2) is 13.2 Å². The average Bonchev–Trinajstić information content (AvgIpc) is 2.27. The van der Waals surface area contributed by atoms with Gasteiger partial charge in [-0.3, -0.25) is 4.79 Å². The van der Waals surface area contributed by atoms with E-state index in [0.717, 1.165) is 12.1 Å². The smallest absolute Gasteiger partial charge is 0.261 e. The van der Waals surface area contributed by atoms with E-state index in [1.807, 2.05) is 0 Å². The lowest BCUT2D eigenvalue weighted by Gasteiger charge is -2.07. The Morgan fingerprint density at radius 2 is 2.17 bits per heavy atom. The predicted octanol–water partition coefficient (Wildman–Crippen LogP) is 1.54. The number of alkyl halides is 2. The zero-order valence-electron chi connectivity index (χ0n) is 9.33. The quantitative estimate of drug-likeness (QED) is 0.765. The number of benzene rings is 1. The van der Waals surface area contributed by atoms with Crippen LogP contribution in [0.1, 0.15) is 10.4 Å². The molecule has 0 fully saturated rings. The van der Waals surface area contributed by atoms with Crippen LogP contribution in [-0.4, -0.2) is 37.2 Å². The van der Waals surface area contributed by atoms with Crippen LogP contribution < -0.4 is 5.32 Å². The lowest BCUT2D eigenvalue weighted by molar-refractivity contribution is 0.0188. The Balaban J connectivity index is 2.36. The van der Waals surface area contributed by atoms with Crippen LogP contribution in [0.15, 0.2) is 18.2 Å². The fourth-order valence-electron chi connectivity index (χ4n) is 1.19. The SMILES string of the molecule is O=C(NCCOCC(F)F)c1ccc(O)cc1F. The van der Waals surface area contributed by atoms with Gasteiger partial charge in [-0.1, -0.05) is 0 Å². The molecule has 0 saturated carbocycles. The van der Waals surface area contributed by atoms with Gasteiger partial charge in [0.1, 0.15) is 18.2 Å². The molecule has 1 aromatic carbocycles. The molecule has 1 amide bonds. The molecular weight excluding hydrogens is 251 g/mol. The standard InChI is InChI=1S/C11H12F3NO3/c12-9-5-7(16)1-2-8(9)11(17)15-3-4-18-6-10(13)14/h1-2,5,10,16H,3-4,6H2,(H,15,17). The molecule has 100 valence electrons. The van der Waals surface area contributed by atoms with Crippen LogP contribution in [0.2, 0.25) is 0 Å². The van der Waals surface area contributed by atoms with Crippen molar-refractivity contribution in [2.75, 3.05) is 19.8 Å². The summed E-state index contributed by atoms with van der Waals surface area (Å²) in [5, 5.41) is 11.3. The van der Waals surface area contributed by atoms with Crippen LogP contribution in [0.4, 0.5) is 13.2 Å². The summed E-state index contributed by atoms with van der Waals surface area (Å²) in [5.41, 5.74) is -0.235. The monoisotopic (exact) mass is 263 g/mol. The largest absolute Gasteiger partial charge is 0.508 e. The van der Waals surface area contributed by atoms with E-state index in [1.165, 1.54) is 6.07 Å². The average molecular weight is 263 g/mol. The zero-order valence-corrected chi connectivity index (χ0v) is 9.33. The molecular formula is C11H12F3NO3. The minimum absolute atomic E-state index is 0.00807. The molecule has 0 unspecified atom stereocenters. The highest BCUT2D eigenvalue weighted by molar-refractivity contribution is 5.94. The van der Waals surface area contributed by atoms with E-state index in [-0.39, 0.29) is 24.5 Å². The molecule has 0 aromatic heterocycles. The van der Waals surface area contributed by atoms with Crippen molar-refractivity contribution in [1.82, 2.24) is 5.32 Å². The predicted molar refractivity (Wildman–Crippen MR) is 57.2 cm³/mol. The molecule has 7 heteroatoms. The first-order valence-corrected chi connectivity index (χ1v) is 5.13. The van der Waals surface area contributed by atoms with Gasteiger partial charge in [0.25, 0.3) is 12.3 Å². The number of halogens is 3. The van der Waals surface area contributed by atoms with Gasteiger partial charge in [-0.2, -0.15) is 0 Å². The number of phenols is 1. The summed E-state index contributed by atoms with van der Waals surface area (Å²) in [6.07, 6.45) is -2.56. The Hall–Kier alpha value is -1.76. The van der Waals surface area contributed by atoms with E-state index in [4.69, 9.17) is 5.11 Å². The van der Waals surface area contributed by atoms with Gasteiger partial charge in [-0.15, -0.1) is 0 Å². The van der Waals surface area contributed by atoms with Gasteiger partial charge >= 0.3 is 0 Å². The lowest BCUT2D eigenvalue weighted by atomic mass is 10.2. The minimum atomic E-state index is -2.56. The van der Waals surface area contributed by atoms with Crippen molar-refractivity contribution < 1.29 is 27.8 Å². The van der Waals surface area contributed by atoms with E-state index < -0.39 is 24.8 Å². The Bertz CT molecular complexity index is 413. The molecule has 0 spiro atoms. The van der Waals surface area contributed by atoms with Gasteiger partial charge in [0.05, 0.1) is 12.2 Å². The molecule has 0 aliphatic carbocycles. The summed E-state index contributed by atoms with van der Waals surface area (Å²) in [5.74, 6) is -1.85. The minimum Gasteiger partial charge on any atom is -0.508 e. The Labute approximate surface area is 101 Å². The van der Waals surface area contributed by atoms with Crippen LogP contribution in [0.5, 0.6) is 5.75 Å². The van der Waals surface area contributed by atoms with Crippen molar-refractivity contribution in [3.63, 3.8) is 0 Å². The molecule has 1 aromatic rings. The summed E-state index contributed by atoms with van der Waals surface area (Å²) in [7, 11) is 0. The molecule has 4 nitrogen and oxygen atoms in total. The van der Waals surface area contributed by atoms with E-state index in [1.54, 1.807) is 0 Å². The number of hydrogen-bond donors (Lipinski definition) is 2. The molecule has 1 rings (SSSR count). The van der Waals surface area contributed by atoms with Crippen LogP contribution >= 0.6 is 0 Å². The summed E-state index contributed by atoms with van der Waals surface area (Å²) in [6.45, 7) is -0.801. The van der Waals surface area contributed by atoms with E-state index in [2.05, 4.69) is 10.1 Å². The van der Waals surface area contributed by atoms with E-state index in [9.17, 15) is 18.0 Å². The third-order valence-corrected chi connectivity index (χ3v) is 1.97. The summed E-state index contributed by atoms with van der Waals surface area (Å²) >= 11 is 0.